The van der Waals surface area contributed by atoms with Gasteiger partial charge in [0, 0.05) is 12.6 Å². The molecule has 1 aliphatic rings. The number of hydrogen-bond acceptors (Lipinski definition) is 4. The van der Waals surface area contributed by atoms with Crippen LogP contribution in [0.3, 0.4) is 0 Å². The molecule has 7 heteroatoms. The largest absolute Gasteiger partial charge is 0.329 e. The third-order valence-corrected chi connectivity index (χ3v) is 5.46. The van der Waals surface area contributed by atoms with Crippen LogP contribution in [0, 0.1) is 19.3 Å². The second-order valence-corrected chi connectivity index (χ2v) is 7.53. The summed E-state index contributed by atoms with van der Waals surface area (Å²) in [6.45, 7) is 8.55. The van der Waals surface area contributed by atoms with Crippen LogP contribution in [0.2, 0.25) is 0 Å². The molecule has 0 bridgehead atoms. The van der Waals surface area contributed by atoms with Crippen molar-refractivity contribution >= 4 is 10.0 Å². The molecule has 0 spiro atoms. The quantitative estimate of drug-likeness (QED) is 0.826. The van der Waals surface area contributed by atoms with Crippen molar-refractivity contribution in [1.29, 1.82) is 0 Å². The molecule has 1 atom stereocenters. The van der Waals surface area contributed by atoms with Crippen LogP contribution in [0.1, 0.15) is 31.7 Å². The molecule has 0 amide bonds. The first-order valence-electron chi connectivity index (χ1n) is 6.45. The van der Waals surface area contributed by atoms with Gasteiger partial charge in [-0.25, -0.2) is 13.1 Å². The fourth-order valence-corrected chi connectivity index (χ4v) is 4.14. The summed E-state index contributed by atoms with van der Waals surface area (Å²) in [4.78, 5) is 0.295. The molecule has 0 aromatic carbocycles. The first kappa shape index (κ1) is 14.5. The molecule has 108 valence electrons. The molecule has 19 heavy (non-hydrogen) atoms. The number of sulfonamides is 1. The molecule has 2 rings (SSSR count). The Labute approximate surface area is 114 Å². The Morgan fingerprint density at radius 1 is 1.47 bits per heavy atom. The molecule has 0 radical (unpaired) electrons. The molecule has 1 aromatic heterocycles. The van der Waals surface area contributed by atoms with Crippen LogP contribution in [0.15, 0.2) is 4.90 Å². The normalized spacial score (nSPS) is 21.6. The van der Waals surface area contributed by atoms with Crippen LogP contribution in [-0.4, -0.2) is 30.8 Å². The fourth-order valence-electron chi connectivity index (χ4n) is 2.32. The number of nitrogens with one attached hydrogen (secondary N) is 1. The molecule has 0 saturated heterocycles. The van der Waals surface area contributed by atoms with Gasteiger partial charge in [0.2, 0.25) is 10.0 Å². The SMILES string of the molecule is Cc1nn(CCN)c(C)c1S(=O)(=O)NC1CC1(C)C. The van der Waals surface area contributed by atoms with Gasteiger partial charge in [-0.1, -0.05) is 13.8 Å². The van der Waals surface area contributed by atoms with E-state index < -0.39 is 10.0 Å². The predicted molar refractivity (Wildman–Crippen MR) is 73.3 cm³/mol. The molecule has 1 unspecified atom stereocenters. The summed E-state index contributed by atoms with van der Waals surface area (Å²) < 4.78 is 29.3. The van der Waals surface area contributed by atoms with E-state index in [4.69, 9.17) is 5.73 Å². The van der Waals surface area contributed by atoms with Gasteiger partial charge in [0.15, 0.2) is 0 Å². The Hall–Kier alpha value is -0.920. The van der Waals surface area contributed by atoms with Gasteiger partial charge in [-0.2, -0.15) is 5.10 Å². The smallest absolute Gasteiger partial charge is 0.244 e. The van der Waals surface area contributed by atoms with Crippen LogP contribution in [-0.2, 0) is 16.6 Å². The van der Waals surface area contributed by atoms with E-state index in [-0.39, 0.29) is 11.5 Å². The van der Waals surface area contributed by atoms with E-state index in [1.165, 1.54) is 0 Å². The van der Waals surface area contributed by atoms with Crippen molar-refractivity contribution in [2.75, 3.05) is 6.54 Å². The monoisotopic (exact) mass is 286 g/mol. The molecule has 6 nitrogen and oxygen atoms in total. The van der Waals surface area contributed by atoms with E-state index in [2.05, 4.69) is 23.7 Å². The van der Waals surface area contributed by atoms with Crippen molar-refractivity contribution < 1.29 is 8.42 Å². The van der Waals surface area contributed by atoms with E-state index in [0.29, 0.717) is 29.4 Å². The number of aryl methyl sites for hydroxylation is 1. The molecular formula is C12H22N4O2S. The molecule has 0 aliphatic heterocycles. The topological polar surface area (TPSA) is 90.0 Å². The highest BCUT2D eigenvalue weighted by atomic mass is 32.2. The lowest BCUT2D eigenvalue weighted by Crippen LogP contribution is -2.29. The predicted octanol–water partition coefficient (Wildman–Crippen LogP) is 0.535. The van der Waals surface area contributed by atoms with E-state index in [0.717, 1.165) is 6.42 Å². The number of nitrogens with zero attached hydrogens (tertiary/aromatic N) is 2. The summed E-state index contributed by atoms with van der Waals surface area (Å²) in [6, 6.07) is 0.0224. The van der Waals surface area contributed by atoms with Gasteiger partial charge in [-0.3, -0.25) is 4.68 Å². The van der Waals surface area contributed by atoms with Gasteiger partial charge in [-0.05, 0) is 25.7 Å². The lowest BCUT2D eigenvalue weighted by Gasteiger charge is -2.09. The van der Waals surface area contributed by atoms with Gasteiger partial charge < -0.3 is 5.73 Å². The summed E-state index contributed by atoms with van der Waals surface area (Å²) in [5.41, 5.74) is 6.73. The van der Waals surface area contributed by atoms with Gasteiger partial charge in [0.1, 0.15) is 4.90 Å². The third-order valence-electron chi connectivity index (χ3n) is 3.74. The molecule has 1 saturated carbocycles. The van der Waals surface area contributed by atoms with Gasteiger partial charge in [0.25, 0.3) is 0 Å². The molecule has 1 aromatic rings. The fraction of sp³-hybridized carbons (Fsp3) is 0.750. The Kier molecular flexibility index (Phi) is 3.49. The standard InChI is InChI=1S/C12H22N4O2S/c1-8-11(9(2)16(14-8)6-5-13)19(17,18)15-10-7-12(10,3)4/h10,15H,5-7,13H2,1-4H3. The Morgan fingerprint density at radius 3 is 2.53 bits per heavy atom. The minimum Gasteiger partial charge on any atom is -0.329 e. The lowest BCUT2D eigenvalue weighted by molar-refractivity contribution is 0.553. The minimum absolute atomic E-state index is 0.0224. The molecular weight excluding hydrogens is 264 g/mol. The van der Waals surface area contributed by atoms with Gasteiger partial charge >= 0.3 is 0 Å². The number of nitrogens with two attached hydrogens (primary N) is 1. The van der Waals surface area contributed by atoms with Gasteiger partial charge in [-0.15, -0.1) is 0 Å². The van der Waals surface area contributed by atoms with E-state index in [9.17, 15) is 8.42 Å². The molecule has 3 N–H and O–H groups in total. The average molecular weight is 286 g/mol. The number of aromatic nitrogens is 2. The molecule has 1 fully saturated rings. The maximum atomic E-state index is 12.4. The maximum absolute atomic E-state index is 12.4. The Balaban J connectivity index is 2.30. The molecule has 1 heterocycles. The highest BCUT2D eigenvalue weighted by Gasteiger charge is 2.48. The zero-order valence-electron chi connectivity index (χ0n) is 11.9. The van der Waals surface area contributed by atoms with Crippen molar-refractivity contribution in [3.05, 3.63) is 11.4 Å². The maximum Gasteiger partial charge on any atom is 0.244 e. The third kappa shape index (κ3) is 2.68. The van der Waals surface area contributed by atoms with Crippen molar-refractivity contribution in [2.45, 2.75) is 51.6 Å². The van der Waals surface area contributed by atoms with Crippen LogP contribution in [0.4, 0.5) is 0 Å². The first-order chi connectivity index (χ1) is 8.69. The van der Waals surface area contributed by atoms with Crippen molar-refractivity contribution in [3.63, 3.8) is 0 Å². The second kappa shape index (κ2) is 4.57. The lowest BCUT2D eigenvalue weighted by atomic mass is 10.2. The van der Waals surface area contributed by atoms with Crippen LogP contribution < -0.4 is 10.5 Å². The Bertz CT molecular complexity index is 589. The van der Waals surface area contributed by atoms with E-state index >= 15 is 0 Å². The summed E-state index contributed by atoms with van der Waals surface area (Å²) in [7, 11) is -3.50. The average Bonchev–Trinajstić information content (AvgIpc) is 2.70. The summed E-state index contributed by atoms with van der Waals surface area (Å²) in [5, 5.41) is 4.25. The second-order valence-electron chi connectivity index (χ2n) is 5.88. The van der Waals surface area contributed by atoms with Crippen molar-refractivity contribution in [2.24, 2.45) is 11.1 Å². The van der Waals surface area contributed by atoms with Crippen LogP contribution in [0.25, 0.3) is 0 Å². The zero-order valence-corrected chi connectivity index (χ0v) is 12.7. The van der Waals surface area contributed by atoms with Crippen LogP contribution in [0.5, 0.6) is 0 Å². The minimum atomic E-state index is -3.50. The summed E-state index contributed by atoms with van der Waals surface area (Å²) >= 11 is 0. The van der Waals surface area contributed by atoms with Gasteiger partial charge in [0.05, 0.1) is 17.9 Å². The first-order valence-corrected chi connectivity index (χ1v) is 7.94. The summed E-state index contributed by atoms with van der Waals surface area (Å²) in [6.07, 6.45) is 0.876. The zero-order chi connectivity index (χ0) is 14.4. The molecule has 1 aliphatic carbocycles. The van der Waals surface area contributed by atoms with Crippen LogP contribution >= 0.6 is 0 Å². The highest BCUT2D eigenvalue weighted by molar-refractivity contribution is 7.89. The number of hydrogen-bond donors (Lipinski definition) is 2. The van der Waals surface area contributed by atoms with Crippen molar-refractivity contribution in [3.8, 4) is 0 Å². The number of rotatable bonds is 5. The van der Waals surface area contributed by atoms with E-state index in [1.807, 2.05) is 0 Å². The van der Waals surface area contributed by atoms with Crippen molar-refractivity contribution in [1.82, 2.24) is 14.5 Å². The highest BCUT2D eigenvalue weighted by Crippen LogP contribution is 2.45. The Morgan fingerprint density at radius 2 is 2.05 bits per heavy atom. The van der Waals surface area contributed by atoms with E-state index in [1.54, 1.807) is 18.5 Å². The summed E-state index contributed by atoms with van der Waals surface area (Å²) in [5.74, 6) is 0.